The molecular formula is C15H18N4OS. The first-order valence-electron chi connectivity index (χ1n) is 7.03. The molecule has 2 aromatic rings. The Kier molecular flexibility index (Phi) is 4.17. The summed E-state index contributed by atoms with van der Waals surface area (Å²) in [6, 6.07) is 10.0. The molecule has 0 aliphatic carbocycles. The average molecular weight is 302 g/mol. The minimum atomic E-state index is 0.0102. The van der Waals surface area contributed by atoms with Crippen molar-refractivity contribution in [1.29, 1.82) is 0 Å². The molecular weight excluding hydrogens is 284 g/mol. The summed E-state index contributed by atoms with van der Waals surface area (Å²) in [7, 11) is 0. The van der Waals surface area contributed by atoms with Crippen LogP contribution in [-0.2, 0) is 0 Å². The maximum absolute atomic E-state index is 9.10. The molecule has 3 rings (SSSR count). The van der Waals surface area contributed by atoms with E-state index in [-0.39, 0.29) is 18.7 Å². The number of H-pyrrole nitrogens is 1. The lowest BCUT2D eigenvalue weighted by molar-refractivity contribution is 0.246. The molecule has 110 valence electrons. The van der Waals surface area contributed by atoms with Crippen molar-refractivity contribution in [2.75, 3.05) is 13.2 Å². The van der Waals surface area contributed by atoms with E-state index in [0.717, 1.165) is 17.9 Å². The third-order valence-corrected chi connectivity index (χ3v) is 4.05. The highest BCUT2D eigenvalue weighted by Crippen LogP contribution is 2.37. The van der Waals surface area contributed by atoms with Gasteiger partial charge in [0.1, 0.15) is 0 Å². The topological polar surface area (TPSA) is 64.2 Å². The van der Waals surface area contributed by atoms with Crippen molar-refractivity contribution in [2.45, 2.75) is 18.5 Å². The van der Waals surface area contributed by atoms with Gasteiger partial charge >= 0.3 is 0 Å². The molecule has 0 bridgehead atoms. The highest BCUT2D eigenvalue weighted by Gasteiger charge is 2.39. The fourth-order valence-corrected chi connectivity index (χ4v) is 3.09. The molecule has 2 aromatic heterocycles. The lowest BCUT2D eigenvalue weighted by Gasteiger charge is -2.26. The van der Waals surface area contributed by atoms with E-state index in [1.165, 1.54) is 0 Å². The zero-order valence-corrected chi connectivity index (χ0v) is 12.4. The van der Waals surface area contributed by atoms with Crippen LogP contribution in [0.3, 0.4) is 0 Å². The first-order valence-corrected chi connectivity index (χ1v) is 7.44. The van der Waals surface area contributed by atoms with Gasteiger partial charge in [-0.1, -0.05) is 6.07 Å². The summed E-state index contributed by atoms with van der Waals surface area (Å²) in [6.45, 7) is 0.875. The van der Waals surface area contributed by atoms with E-state index in [9.17, 15) is 0 Å². The second-order valence-electron chi connectivity index (χ2n) is 5.02. The number of nitrogens with zero attached hydrogens (tertiary/aromatic N) is 2. The second-order valence-corrected chi connectivity index (χ2v) is 5.41. The highest BCUT2D eigenvalue weighted by molar-refractivity contribution is 7.80. The van der Waals surface area contributed by atoms with Crippen LogP contribution in [0.5, 0.6) is 0 Å². The van der Waals surface area contributed by atoms with Gasteiger partial charge in [0.15, 0.2) is 5.11 Å². The first kappa shape index (κ1) is 14.0. The summed E-state index contributed by atoms with van der Waals surface area (Å²) >= 11 is 5.47. The van der Waals surface area contributed by atoms with Gasteiger partial charge in [-0.05, 0) is 42.9 Å². The molecule has 1 aliphatic heterocycles. The van der Waals surface area contributed by atoms with E-state index in [2.05, 4.69) is 26.3 Å². The predicted octanol–water partition coefficient (Wildman–Crippen LogP) is 1.76. The Morgan fingerprint density at radius 1 is 1.29 bits per heavy atom. The van der Waals surface area contributed by atoms with Crippen LogP contribution in [0, 0.1) is 0 Å². The van der Waals surface area contributed by atoms with Gasteiger partial charge in [-0.15, -0.1) is 0 Å². The SMILES string of the molecule is OCCCN1C(=S)N[C@H](c2ccccn2)[C@H]1c1ccc[nH]1. The molecule has 0 aromatic carbocycles. The number of aromatic amines is 1. The molecule has 1 fully saturated rings. The van der Waals surface area contributed by atoms with Crippen molar-refractivity contribution >= 4 is 17.3 Å². The summed E-state index contributed by atoms with van der Waals surface area (Å²) in [5, 5.41) is 13.2. The van der Waals surface area contributed by atoms with E-state index in [1.54, 1.807) is 6.20 Å². The summed E-state index contributed by atoms with van der Waals surface area (Å²) in [5.74, 6) is 0. The summed E-state index contributed by atoms with van der Waals surface area (Å²) in [4.78, 5) is 9.85. The van der Waals surface area contributed by atoms with Crippen LogP contribution >= 0.6 is 12.2 Å². The van der Waals surface area contributed by atoms with Gasteiger partial charge in [-0.3, -0.25) is 4.98 Å². The molecule has 5 nitrogen and oxygen atoms in total. The van der Waals surface area contributed by atoms with Gasteiger partial charge < -0.3 is 20.3 Å². The number of pyridine rings is 1. The minimum absolute atomic E-state index is 0.0102. The smallest absolute Gasteiger partial charge is 0.170 e. The number of aliphatic hydroxyl groups excluding tert-OH is 1. The van der Waals surface area contributed by atoms with Crippen LogP contribution in [0.15, 0.2) is 42.7 Å². The van der Waals surface area contributed by atoms with Gasteiger partial charge in [0.05, 0.1) is 17.8 Å². The van der Waals surface area contributed by atoms with Crippen LogP contribution < -0.4 is 5.32 Å². The van der Waals surface area contributed by atoms with Crippen LogP contribution in [0.4, 0.5) is 0 Å². The predicted molar refractivity (Wildman–Crippen MR) is 84.7 cm³/mol. The van der Waals surface area contributed by atoms with Gasteiger partial charge in [-0.2, -0.15) is 0 Å². The Hall–Kier alpha value is -1.92. The Balaban J connectivity index is 1.94. The van der Waals surface area contributed by atoms with Gasteiger partial charge in [0, 0.05) is 31.2 Å². The van der Waals surface area contributed by atoms with Crippen LogP contribution in [0.25, 0.3) is 0 Å². The molecule has 1 saturated heterocycles. The molecule has 0 unspecified atom stereocenters. The molecule has 2 atom stereocenters. The summed E-state index contributed by atoms with van der Waals surface area (Å²) in [5.41, 5.74) is 2.06. The Morgan fingerprint density at radius 2 is 2.19 bits per heavy atom. The van der Waals surface area contributed by atoms with Gasteiger partial charge in [0.25, 0.3) is 0 Å². The number of aliphatic hydroxyl groups is 1. The van der Waals surface area contributed by atoms with E-state index in [1.807, 2.05) is 30.5 Å². The Morgan fingerprint density at radius 3 is 2.86 bits per heavy atom. The third-order valence-electron chi connectivity index (χ3n) is 3.70. The monoisotopic (exact) mass is 302 g/mol. The van der Waals surface area contributed by atoms with Gasteiger partial charge in [-0.25, -0.2) is 0 Å². The molecule has 0 radical (unpaired) electrons. The molecule has 3 heterocycles. The minimum Gasteiger partial charge on any atom is -0.396 e. The Bertz CT molecular complexity index is 587. The maximum atomic E-state index is 9.10. The molecule has 21 heavy (non-hydrogen) atoms. The molecule has 6 heteroatoms. The highest BCUT2D eigenvalue weighted by atomic mass is 32.1. The van der Waals surface area contributed by atoms with Crippen molar-refractivity contribution in [3.8, 4) is 0 Å². The fourth-order valence-electron chi connectivity index (χ4n) is 2.75. The van der Waals surface area contributed by atoms with Gasteiger partial charge in [0.2, 0.25) is 0 Å². The number of nitrogens with one attached hydrogen (secondary N) is 2. The molecule has 1 aliphatic rings. The van der Waals surface area contributed by atoms with Crippen LogP contribution in [0.1, 0.15) is 29.9 Å². The summed E-state index contributed by atoms with van der Waals surface area (Å²) < 4.78 is 0. The number of thiocarbonyl (C=S) groups is 1. The van der Waals surface area contributed by atoms with E-state index >= 15 is 0 Å². The average Bonchev–Trinajstić information content (AvgIpc) is 3.13. The van der Waals surface area contributed by atoms with E-state index in [4.69, 9.17) is 17.3 Å². The Labute approximate surface area is 129 Å². The molecule has 3 N–H and O–H groups in total. The zero-order chi connectivity index (χ0) is 14.7. The molecule has 0 spiro atoms. The normalized spacial score (nSPS) is 21.6. The van der Waals surface area contributed by atoms with E-state index in [0.29, 0.717) is 11.5 Å². The second kappa shape index (κ2) is 6.24. The van der Waals surface area contributed by atoms with Crippen LogP contribution in [-0.4, -0.2) is 38.2 Å². The number of hydrogen-bond acceptors (Lipinski definition) is 3. The quantitative estimate of drug-likeness (QED) is 0.735. The number of rotatable bonds is 5. The maximum Gasteiger partial charge on any atom is 0.170 e. The third kappa shape index (κ3) is 2.77. The summed E-state index contributed by atoms with van der Waals surface area (Å²) in [6.07, 6.45) is 4.40. The van der Waals surface area contributed by atoms with Crippen molar-refractivity contribution in [3.63, 3.8) is 0 Å². The lowest BCUT2D eigenvalue weighted by atomic mass is 10.0. The number of hydrogen-bond donors (Lipinski definition) is 3. The molecule has 0 amide bonds. The van der Waals surface area contributed by atoms with Crippen molar-refractivity contribution in [3.05, 3.63) is 54.1 Å². The zero-order valence-electron chi connectivity index (χ0n) is 11.6. The molecule has 0 saturated carbocycles. The largest absolute Gasteiger partial charge is 0.396 e. The standard InChI is InChI=1S/C15H18N4OS/c20-10-4-9-19-14(12-6-3-8-17-12)13(18-15(19)21)11-5-1-2-7-16-11/h1-3,5-8,13-14,17,20H,4,9-10H2,(H,18,21)/t13-,14-/m1/s1. The first-order chi connectivity index (χ1) is 10.3. The lowest BCUT2D eigenvalue weighted by Crippen LogP contribution is -2.31. The van der Waals surface area contributed by atoms with E-state index < -0.39 is 0 Å². The van der Waals surface area contributed by atoms with Crippen molar-refractivity contribution < 1.29 is 5.11 Å². The van der Waals surface area contributed by atoms with Crippen molar-refractivity contribution in [2.24, 2.45) is 0 Å². The number of aromatic nitrogens is 2. The fraction of sp³-hybridized carbons (Fsp3) is 0.333. The van der Waals surface area contributed by atoms with Crippen LogP contribution in [0.2, 0.25) is 0 Å². The van der Waals surface area contributed by atoms with Crippen molar-refractivity contribution in [1.82, 2.24) is 20.2 Å².